The number of hydrogen-bond donors (Lipinski definition) is 5. The Hall–Kier alpha value is -4.59. The van der Waals surface area contributed by atoms with Crippen molar-refractivity contribution >= 4 is 34.1 Å². The van der Waals surface area contributed by atoms with Gasteiger partial charge < -0.3 is 25.0 Å². The van der Waals surface area contributed by atoms with Gasteiger partial charge >= 0.3 is 5.76 Å². The molecule has 0 aliphatic carbocycles. The summed E-state index contributed by atoms with van der Waals surface area (Å²) in [6, 6.07) is 14.1. The molecule has 2 amide bonds. The number of nitrogens with zero attached hydrogens (tertiary/aromatic N) is 2. The number of benzene rings is 2. The van der Waals surface area contributed by atoms with E-state index in [0.29, 0.717) is 22.2 Å². The first-order chi connectivity index (χ1) is 17.2. The Morgan fingerprint density at radius 1 is 1.11 bits per heavy atom. The Balaban J connectivity index is 1.33. The lowest BCUT2D eigenvalue weighted by molar-refractivity contribution is -0.167. The molecule has 0 spiro atoms. The van der Waals surface area contributed by atoms with Crippen molar-refractivity contribution in [2.45, 2.75) is 11.8 Å². The molecule has 2 atom stereocenters. The SMILES string of the molecule is N[C@@](O)(C(=O)Nc1ccc(-c2noc(=O)[nH]2)cc1)[C@H]1OCCN(c2ccc3[nH]c(=O)ccc3c2)C1=O. The van der Waals surface area contributed by atoms with Gasteiger partial charge in [0.2, 0.25) is 11.3 Å². The molecule has 13 heteroatoms. The fourth-order valence-corrected chi connectivity index (χ4v) is 3.88. The number of anilines is 2. The summed E-state index contributed by atoms with van der Waals surface area (Å²) in [6.45, 7) is 0.199. The summed E-state index contributed by atoms with van der Waals surface area (Å²) < 4.78 is 9.88. The third-order valence-corrected chi connectivity index (χ3v) is 5.73. The van der Waals surface area contributed by atoms with Gasteiger partial charge in [-0.25, -0.2) is 4.79 Å². The zero-order chi connectivity index (χ0) is 25.4. The molecule has 0 saturated carbocycles. The molecule has 2 aromatic heterocycles. The van der Waals surface area contributed by atoms with E-state index in [4.69, 9.17) is 10.5 Å². The number of aromatic nitrogens is 3. The van der Waals surface area contributed by atoms with Crippen molar-refractivity contribution < 1.29 is 24.0 Å². The number of nitrogens with two attached hydrogens (primary N) is 1. The molecule has 1 saturated heterocycles. The van der Waals surface area contributed by atoms with Gasteiger partial charge in [-0.3, -0.25) is 29.6 Å². The van der Waals surface area contributed by atoms with E-state index in [1.54, 1.807) is 36.4 Å². The van der Waals surface area contributed by atoms with Crippen LogP contribution in [0.3, 0.4) is 0 Å². The summed E-state index contributed by atoms with van der Waals surface area (Å²) >= 11 is 0. The molecule has 1 aliphatic heterocycles. The van der Waals surface area contributed by atoms with Crippen LogP contribution < -0.4 is 27.3 Å². The van der Waals surface area contributed by atoms with E-state index >= 15 is 0 Å². The number of rotatable bonds is 5. The van der Waals surface area contributed by atoms with Gasteiger partial charge in [-0.1, -0.05) is 5.16 Å². The minimum Gasteiger partial charge on any atom is -0.365 e. The van der Waals surface area contributed by atoms with Crippen molar-refractivity contribution in [3.05, 3.63) is 75.5 Å². The number of aromatic amines is 2. The summed E-state index contributed by atoms with van der Waals surface area (Å²) in [5.74, 6) is -2.26. The lowest BCUT2D eigenvalue weighted by Gasteiger charge is -2.38. The number of fused-ring (bicyclic) bond motifs is 1. The highest BCUT2D eigenvalue weighted by Crippen LogP contribution is 2.26. The van der Waals surface area contributed by atoms with Crippen LogP contribution in [0.15, 0.2) is 68.7 Å². The maximum Gasteiger partial charge on any atom is 0.439 e. The van der Waals surface area contributed by atoms with E-state index in [0.717, 1.165) is 0 Å². The first-order valence-corrected chi connectivity index (χ1v) is 10.8. The smallest absolute Gasteiger partial charge is 0.365 e. The molecule has 0 bridgehead atoms. The number of amides is 2. The summed E-state index contributed by atoms with van der Waals surface area (Å²) in [5.41, 5.74) is 4.85. The van der Waals surface area contributed by atoms with Gasteiger partial charge in [-0.15, -0.1) is 0 Å². The van der Waals surface area contributed by atoms with Crippen molar-refractivity contribution in [1.29, 1.82) is 0 Å². The Bertz CT molecular complexity index is 1570. The van der Waals surface area contributed by atoms with Crippen molar-refractivity contribution in [3.63, 3.8) is 0 Å². The fourth-order valence-electron chi connectivity index (χ4n) is 3.88. The molecule has 4 aromatic rings. The zero-order valence-electron chi connectivity index (χ0n) is 18.6. The third kappa shape index (κ3) is 4.29. The van der Waals surface area contributed by atoms with Crippen molar-refractivity contribution in [2.75, 3.05) is 23.4 Å². The second-order valence-electron chi connectivity index (χ2n) is 8.14. The third-order valence-electron chi connectivity index (χ3n) is 5.73. The first kappa shape index (κ1) is 23.2. The minimum absolute atomic E-state index is 0.0253. The second-order valence-corrected chi connectivity index (χ2v) is 8.14. The van der Waals surface area contributed by atoms with E-state index in [1.165, 1.54) is 23.1 Å². The van der Waals surface area contributed by atoms with Crippen molar-refractivity contribution in [3.8, 4) is 11.4 Å². The lowest BCUT2D eigenvalue weighted by Crippen LogP contribution is -2.67. The zero-order valence-corrected chi connectivity index (χ0v) is 18.6. The molecular formula is C23H20N6O7. The molecule has 184 valence electrons. The van der Waals surface area contributed by atoms with Crippen LogP contribution in [0.25, 0.3) is 22.3 Å². The first-order valence-electron chi connectivity index (χ1n) is 10.8. The summed E-state index contributed by atoms with van der Waals surface area (Å²) in [4.78, 5) is 55.1. The van der Waals surface area contributed by atoms with Gasteiger partial charge in [0.05, 0.1) is 6.61 Å². The fraction of sp³-hybridized carbons (Fsp3) is 0.174. The summed E-state index contributed by atoms with van der Waals surface area (Å²) in [6.07, 6.45) is -1.67. The number of pyridine rings is 1. The van der Waals surface area contributed by atoms with Crippen LogP contribution in [0.1, 0.15) is 0 Å². The van der Waals surface area contributed by atoms with Crippen molar-refractivity contribution in [1.82, 2.24) is 15.1 Å². The highest BCUT2D eigenvalue weighted by molar-refractivity contribution is 6.06. The largest absolute Gasteiger partial charge is 0.439 e. The molecule has 1 aliphatic rings. The summed E-state index contributed by atoms with van der Waals surface area (Å²) in [7, 11) is 0. The molecule has 3 heterocycles. The molecule has 0 radical (unpaired) electrons. The molecule has 0 unspecified atom stereocenters. The average Bonchev–Trinajstić information content (AvgIpc) is 3.30. The number of nitrogens with one attached hydrogen (secondary N) is 3. The van der Waals surface area contributed by atoms with E-state index < -0.39 is 29.4 Å². The molecule has 5 rings (SSSR count). The van der Waals surface area contributed by atoms with Gasteiger partial charge in [0.25, 0.3) is 11.8 Å². The van der Waals surface area contributed by atoms with Gasteiger partial charge in [0.15, 0.2) is 11.9 Å². The van der Waals surface area contributed by atoms with Crippen LogP contribution in [-0.4, -0.2) is 57.0 Å². The highest BCUT2D eigenvalue weighted by atomic mass is 16.5. The van der Waals surface area contributed by atoms with E-state index in [-0.39, 0.29) is 30.2 Å². The number of aliphatic hydroxyl groups is 1. The Morgan fingerprint density at radius 2 is 1.89 bits per heavy atom. The predicted molar refractivity (Wildman–Crippen MR) is 127 cm³/mol. The maximum absolute atomic E-state index is 13.2. The second kappa shape index (κ2) is 8.88. The van der Waals surface area contributed by atoms with Crippen LogP contribution in [0.4, 0.5) is 11.4 Å². The average molecular weight is 492 g/mol. The standard InChI is InChI=1S/C23H20N6O7/c24-23(34,21(32)25-14-4-1-12(2-5-14)19-27-22(33)36-28-19)18-20(31)29(9-10-35-18)15-6-7-16-13(11-15)3-8-17(30)26-16/h1-8,11,18,34H,9-10,24H2,(H,25,32)(H,26,30)(H,27,28,33)/t18-,23-/m0/s1. The van der Waals surface area contributed by atoms with Crippen LogP contribution in [0, 0.1) is 0 Å². The van der Waals surface area contributed by atoms with Crippen LogP contribution in [0.5, 0.6) is 0 Å². The van der Waals surface area contributed by atoms with Gasteiger partial charge in [0.1, 0.15) is 0 Å². The molecule has 6 N–H and O–H groups in total. The number of carbonyl (C=O) groups excluding carboxylic acids is 2. The Kier molecular flexibility index (Phi) is 5.72. The monoisotopic (exact) mass is 492 g/mol. The Morgan fingerprint density at radius 3 is 2.61 bits per heavy atom. The van der Waals surface area contributed by atoms with Gasteiger partial charge in [-0.05, 0) is 48.5 Å². The molecule has 1 fully saturated rings. The number of morpholine rings is 1. The normalized spacial score (nSPS) is 17.7. The van der Waals surface area contributed by atoms with Gasteiger partial charge in [-0.2, -0.15) is 0 Å². The minimum atomic E-state index is -2.69. The number of carbonyl (C=O) groups is 2. The highest BCUT2D eigenvalue weighted by Gasteiger charge is 2.49. The topological polar surface area (TPSA) is 197 Å². The van der Waals surface area contributed by atoms with Crippen LogP contribution in [0.2, 0.25) is 0 Å². The van der Waals surface area contributed by atoms with Crippen LogP contribution >= 0.6 is 0 Å². The number of ether oxygens (including phenoxy) is 1. The number of H-pyrrole nitrogens is 2. The van der Waals surface area contributed by atoms with Crippen LogP contribution in [-0.2, 0) is 14.3 Å². The van der Waals surface area contributed by atoms with E-state index in [1.807, 2.05) is 0 Å². The quantitative estimate of drug-likeness (QED) is 0.236. The molecular weight excluding hydrogens is 472 g/mol. The Labute approximate surface area is 201 Å². The molecule has 2 aromatic carbocycles. The van der Waals surface area contributed by atoms with E-state index in [2.05, 4.69) is 25.0 Å². The predicted octanol–water partition coefficient (Wildman–Crippen LogP) is -0.111. The lowest BCUT2D eigenvalue weighted by atomic mass is 10.0. The van der Waals surface area contributed by atoms with Gasteiger partial charge in [0, 0.05) is 40.5 Å². The summed E-state index contributed by atoms with van der Waals surface area (Å²) in [5, 5.41) is 17.6. The van der Waals surface area contributed by atoms with Crippen molar-refractivity contribution in [2.24, 2.45) is 5.73 Å². The molecule has 13 nitrogen and oxygen atoms in total. The molecule has 36 heavy (non-hydrogen) atoms. The number of hydrogen-bond acceptors (Lipinski definition) is 9. The van der Waals surface area contributed by atoms with E-state index in [9.17, 15) is 24.3 Å². The maximum atomic E-state index is 13.2.